The number of hydrogen-bond acceptors (Lipinski definition) is 4. The summed E-state index contributed by atoms with van der Waals surface area (Å²) in [6.07, 6.45) is 1.73. The predicted octanol–water partition coefficient (Wildman–Crippen LogP) is 3.68. The van der Waals surface area contributed by atoms with E-state index in [1.54, 1.807) is 0 Å². The first-order chi connectivity index (χ1) is 8.74. The van der Waals surface area contributed by atoms with Crippen molar-refractivity contribution in [3.8, 4) is 0 Å². The Morgan fingerprint density at radius 2 is 1.84 bits per heavy atom. The van der Waals surface area contributed by atoms with Crippen molar-refractivity contribution >= 4 is 11.4 Å². The molecule has 0 aromatic heterocycles. The Morgan fingerprint density at radius 3 is 2.37 bits per heavy atom. The van der Waals surface area contributed by atoms with Gasteiger partial charge in [-0.15, -0.1) is 0 Å². The molecule has 0 heterocycles. The zero-order valence-corrected chi connectivity index (χ0v) is 11.2. The van der Waals surface area contributed by atoms with Crippen LogP contribution in [0.1, 0.15) is 50.7 Å². The smallest absolute Gasteiger partial charge is 0.258 e. The standard InChI is InChI=1S/C13H16N2O4/c1-8-4-5-13(2,3)10-6-9(14(16)17)7-11(12(8)10)15(18)19/h6-8H,4-5H2,1-3H3. The van der Waals surface area contributed by atoms with E-state index in [0.717, 1.165) is 24.5 Å². The fourth-order valence-corrected chi connectivity index (χ4v) is 2.81. The van der Waals surface area contributed by atoms with Gasteiger partial charge in [-0.25, -0.2) is 0 Å². The highest BCUT2D eigenvalue weighted by Crippen LogP contribution is 2.47. The molecule has 1 aromatic carbocycles. The minimum absolute atomic E-state index is 0.0595. The molecule has 1 atom stereocenters. The van der Waals surface area contributed by atoms with E-state index in [9.17, 15) is 20.2 Å². The van der Waals surface area contributed by atoms with Crippen molar-refractivity contribution in [1.29, 1.82) is 0 Å². The Kier molecular flexibility index (Phi) is 3.04. The Hall–Kier alpha value is -1.98. The van der Waals surface area contributed by atoms with Gasteiger partial charge in [0.15, 0.2) is 0 Å². The van der Waals surface area contributed by atoms with E-state index in [-0.39, 0.29) is 22.7 Å². The lowest BCUT2D eigenvalue weighted by Gasteiger charge is -2.35. The molecular formula is C13H16N2O4. The minimum atomic E-state index is -0.567. The first-order valence-electron chi connectivity index (χ1n) is 6.21. The van der Waals surface area contributed by atoms with Crippen LogP contribution < -0.4 is 0 Å². The van der Waals surface area contributed by atoms with Crippen LogP contribution in [0.2, 0.25) is 0 Å². The molecule has 0 saturated heterocycles. The zero-order chi connectivity index (χ0) is 14.4. The fourth-order valence-electron chi connectivity index (χ4n) is 2.81. The van der Waals surface area contributed by atoms with Crippen molar-refractivity contribution in [2.75, 3.05) is 0 Å². The van der Waals surface area contributed by atoms with E-state index in [1.807, 2.05) is 20.8 Å². The Bertz CT molecular complexity index is 566. The van der Waals surface area contributed by atoms with Crippen LogP contribution in [0.4, 0.5) is 11.4 Å². The molecule has 102 valence electrons. The number of rotatable bonds is 2. The Morgan fingerprint density at radius 1 is 1.21 bits per heavy atom. The summed E-state index contributed by atoms with van der Waals surface area (Å²) in [6, 6.07) is 2.58. The molecule has 6 nitrogen and oxygen atoms in total. The van der Waals surface area contributed by atoms with E-state index in [2.05, 4.69) is 0 Å². The van der Waals surface area contributed by atoms with Crippen molar-refractivity contribution in [1.82, 2.24) is 0 Å². The van der Waals surface area contributed by atoms with Crippen LogP contribution in [0.25, 0.3) is 0 Å². The van der Waals surface area contributed by atoms with Gasteiger partial charge in [-0.1, -0.05) is 20.8 Å². The van der Waals surface area contributed by atoms with Crippen molar-refractivity contribution in [2.24, 2.45) is 0 Å². The van der Waals surface area contributed by atoms with Crippen LogP contribution >= 0.6 is 0 Å². The van der Waals surface area contributed by atoms with Crippen LogP contribution in [0.3, 0.4) is 0 Å². The average Bonchev–Trinajstić information content (AvgIpc) is 2.33. The molecule has 19 heavy (non-hydrogen) atoms. The van der Waals surface area contributed by atoms with Gasteiger partial charge in [0, 0.05) is 11.6 Å². The number of benzene rings is 1. The third-order valence-electron chi connectivity index (χ3n) is 3.97. The van der Waals surface area contributed by atoms with Crippen molar-refractivity contribution in [2.45, 2.75) is 44.9 Å². The van der Waals surface area contributed by atoms with Crippen molar-refractivity contribution in [3.05, 3.63) is 43.5 Å². The Balaban J connectivity index is 2.79. The Labute approximate surface area is 110 Å². The van der Waals surface area contributed by atoms with Gasteiger partial charge >= 0.3 is 0 Å². The maximum atomic E-state index is 11.2. The van der Waals surface area contributed by atoms with Gasteiger partial charge in [-0.3, -0.25) is 20.2 Å². The van der Waals surface area contributed by atoms with Gasteiger partial charge in [0.05, 0.1) is 15.9 Å². The van der Waals surface area contributed by atoms with Crippen LogP contribution in [0.5, 0.6) is 0 Å². The van der Waals surface area contributed by atoms with Crippen molar-refractivity contribution < 1.29 is 9.85 Å². The monoisotopic (exact) mass is 264 g/mol. The topological polar surface area (TPSA) is 86.3 Å². The molecule has 1 aliphatic carbocycles. The molecule has 0 bridgehead atoms. The second kappa shape index (κ2) is 4.29. The summed E-state index contributed by atoms with van der Waals surface area (Å²) < 4.78 is 0. The van der Waals surface area contributed by atoms with Gasteiger partial charge in [-0.05, 0) is 29.7 Å². The lowest BCUT2D eigenvalue weighted by Crippen LogP contribution is -2.26. The number of nitrogens with zero attached hydrogens (tertiary/aromatic N) is 2. The lowest BCUT2D eigenvalue weighted by atomic mass is 9.68. The van der Waals surface area contributed by atoms with E-state index in [1.165, 1.54) is 6.07 Å². The quantitative estimate of drug-likeness (QED) is 0.602. The van der Waals surface area contributed by atoms with E-state index in [0.29, 0.717) is 5.56 Å². The van der Waals surface area contributed by atoms with Crippen LogP contribution in [0.15, 0.2) is 12.1 Å². The van der Waals surface area contributed by atoms with Gasteiger partial charge in [0.2, 0.25) is 0 Å². The maximum absolute atomic E-state index is 11.2. The number of non-ortho nitro benzene ring substituents is 1. The zero-order valence-electron chi connectivity index (χ0n) is 11.2. The molecule has 0 aliphatic heterocycles. The van der Waals surface area contributed by atoms with Crippen molar-refractivity contribution in [3.63, 3.8) is 0 Å². The van der Waals surface area contributed by atoms with Crippen LogP contribution in [0, 0.1) is 20.2 Å². The SMILES string of the molecule is CC1CCC(C)(C)c2cc([N+](=O)[O-])cc([N+](=O)[O-])c21. The highest BCUT2D eigenvalue weighted by Gasteiger charge is 2.37. The number of nitro benzene ring substituents is 2. The first kappa shape index (κ1) is 13.5. The van der Waals surface area contributed by atoms with Gasteiger partial charge < -0.3 is 0 Å². The number of fused-ring (bicyclic) bond motifs is 1. The molecule has 0 spiro atoms. The molecule has 0 amide bonds. The molecule has 6 heteroatoms. The van der Waals surface area contributed by atoms with E-state index >= 15 is 0 Å². The molecule has 0 saturated carbocycles. The largest absolute Gasteiger partial charge is 0.280 e. The summed E-state index contributed by atoms with van der Waals surface area (Å²) in [6.45, 7) is 5.89. The molecular weight excluding hydrogens is 248 g/mol. The van der Waals surface area contributed by atoms with E-state index < -0.39 is 9.85 Å². The highest BCUT2D eigenvalue weighted by molar-refractivity contribution is 5.58. The second-order valence-electron chi connectivity index (χ2n) is 5.76. The predicted molar refractivity (Wildman–Crippen MR) is 70.4 cm³/mol. The molecule has 0 fully saturated rings. The second-order valence-corrected chi connectivity index (χ2v) is 5.76. The maximum Gasteiger partial charge on any atom is 0.280 e. The van der Waals surface area contributed by atoms with Gasteiger partial charge in [0.25, 0.3) is 11.4 Å². The highest BCUT2D eigenvalue weighted by atomic mass is 16.6. The summed E-state index contributed by atoms with van der Waals surface area (Å²) in [5, 5.41) is 22.1. The summed E-state index contributed by atoms with van der Waals surface area (Å²) in [4.78, 5) is 21.0. The van der Waals surface area contributed by atoms with E-state index in [4.69, 9.17) is 0 Å². The molecule has 1 aromatic rings. The number of nitro groups is 2. The van der Waals surface area contributed by atoms with Gasteiger partial charge in [0.1, 0.15) is 0 Å². The summed E-state index contributed by atoms with van der Waals surface area (Å²) >= 11 is 0. The summed E-state index contributed by atoms with van der Waals surface area (Å²) in [5.41, 5.74) is 0.814. The van der Waals surface area contributed by atoms with Gasteiger partial charge in [-0.2, -0.15) is 0 Å². The summed E-state index contributed by atoms with van der Waals surface area (Å²) in [7, 11) is 0. The molecule has 0 radical (unpaired) electrons. The molecule has 2 rings (SSSR count). The third kappa shape index (κ3) is 2.18. The van der Waals surface area contributed by atoms with Crippen LogP contribution in [-0.2, 0) is 5.41 Å². The molecule has 0 N–H and O–H groups in total. The molecule has 1 unspecified atom stereocenters. The van der Waals surface area contributed by atoms with Crippen LogP contribution in [-0.4, -0.2) is 9.85 Å². The normalized spacial score (nSPS) is 20.7. The molecule has 1 aliphatic rings. The number of hydrogen-bond donors (Lipinski definition) is 0. The average molecular weight is 264 g/mol. The third-order valence-corrected chi connectivity index (χ3v) is 3.97. The lowest BCUT2D eigenvalue weighted by molar-refractivity contribution is -0.394. The fraction of sp³-hybridized carbons (Fsp3) is 0.538. The minimum Gasteiger partial charge on any atom is -0.258 e. The first-order valence-corrected chi connectivity index (χ1v) is 6.21. The summed E-state index contributed by atoms with van der Waals surface area (Å²) in [5.74, 6) is 0.0595.